The predicted octanol–water partition coefficient (Wildman–Crippen LogP) is 2.34. The van der Waals surface area contributed by atoms with Crippen molar-refractivity contribution in [3.05, 3.63) is 29.3 Å². The van der Waals surface area contributed by atoms with Crippen molar-refractivity contribution >= 4 is 23.6 Å². The molecule has 2 amide bonds. The zero-order valence-electron chi connectivity index (χ0n) is 15.1. The van der Waals surface area contributed by atoms with E-state index in [1.807, 2.05) is 18.7 Å². The number of carbonyl (C=O) groups excluding carboxylic acids is 1. The smallest absolute Gasteiger partial charge is 0.317 e. The van der Waals surface area contributed by atoms with Crippen LogP contribution in [-0.4, -0.2) is 59.8 Å². The van der Waals surface area contributed by atoms with Crippen LogP contribution in [-0.2, 0) is 4.79 Å². The van der Waals surface area contributed by atoms with Crippen LogP contribution in [0.3, 0.4) is 0 Å². The molecule has 0 aromatic heterocycles. The number of aliphatic carboxylic acids is 1. The molecule has 8 heteroatoms. The van der Waals surface area contributed by atoms with Gasteiger partial charge in [0.25, 0.3) is 0 Å². The second kappa shape index (κ2) is 9.64. The number of hydrogen-bond donors (Lipinski definition) is 3. The molecule has 0 unspecified atom stereocenters. The second-order valence-electron chi connectivity index (χ2n) is 6.52. The van der Waals surface area contributed by atoms with E-state index in [9.17, 15) is 9.59 Å². The molecule has 1 fully saturated rings. The Labute approximate surface area is 158 Å². The van der Waals surface area contributed by atoms with E-state index in [1.54, 1.807) is 24.3 Å². The lowest BCUT2D eigenvalue weighted by atomic mass is 9.85. The van der Waals surface area contributed by atoms with Crippen LogP contribution in [0.15, 0.2) is 24.3 Å². The van der Waals surface area contributed by atoms with Gasteiger partial charge >= 0.3 is 12.0 Å². The number of urea groups is 1. The van der Waals surface area contributed by atoms with Crippen LogP contribution < -0.4 is 15.4 Å². The van der Waals surface area contributed by atoms with Crippen molar-refractivity contribution in [2.24, 2.45) is 0 Å². The van der Waals surface area contributed by atoms with Crippen LogP contribution in [0.4, 0.5) is 4.79 Å². The summed E-state index contributed by atoms with van der Waals surface area (Å²) in [5.41, 5.74) is 0. The summed E-state index contributed by atoms with van der Waals surface area (Å²) in [5.74, 6) is -0.125. The first-order valence-electron chi connectivity index (χ1n) is 8.79. The summed E-state index contributed by atoms with van der Waals surface area (Å²) in [7, 11) is 0. The monoisotopic (exact) mass is 383 g/mol. The second-order valence-corrected chi connectivity index (χ2v) is 6.95. The molecule has 1 aliphatic carbocycles. The highest BCUT2D eigenvalue weighted by Gasteiger charge is 2.34. The minimum Gasteiger partial charge on any atom is -0.489 e. The summed E-state index contributed by atoms with van der Waals surface area (Å²) in [4.78, 5) is 24.7. The third-order valence-electron chi connectivity index (χ3n) is 4.41. The number of carboxylic acids is 1. The average molecular weight is 384 g/mol. The molecular weight excluding hydrogens is 358 g/mol. The number of hydrogen-bond acceptors (Lipinski definition) is 4. The number of rotatable bonds is 9. The molecule has 0 spiro atoms. The normalized spacial score (nSPS) is 20.2. The van der Waals surface area contributed by atoms with Gasteiger partial charge in [-0.05, 0) is 50.6 Å². The van der Waals surface area contributed by atoms with Crippen molar-refractivity contribution in [2.45, 2.75) is 44.9 Å². The van der Waals surface area contributed by atoms with E-state index in [0.717, 1.165) is 12.8 Å². The summed E-state index contributed by atoms with van der Waals surface area (Å²) < 4.78 is 5.70. The highest BCUT2D eigenvalue weighted by molar-refractivity contribution is 6.30. The third-order valence-corrected chi connectivity index (χ3v) is 4.66. The summed E-state index contributed by atoms with van der Waals surface area (Å²) in [6, 6.07) is 7.13. The Kier molecular flexibility index (Phi) is 7.53. The van der Waals surface area contributed by atoms with E-state index >= 15 is 0 Å². The van der Waals surface area contributed by atoms with Crippen LogP contribution in [0.5, 0.6) is 5.75 Å². The summed E-state index contributed by atoms with van der Waals surface area (Å²) in [6.07, 6.45) is 1.36. The first-order chi connectivity index (χ1) is 12.4. The molecule has 1 saturated carbocycles. The van der Waals surface area contributed by atoms with Gasteiger partial charge in [0.2, 0.25) is 0 Å². The van der Waals surface area contributed by atoms with Gasteiger partial charge in [0, 0.05) is 17.1 Å². The van der Waals surface area contributed by atoms with Crippen LogP contribution in [0.25, 0.3) is 0 Å². The standard InChI is InChI=1S/C18H26ClN3O4/c1-3-22(11-17(23)24)15-8-14(9-15)21-18(25)20-10-12(2)26-16-6-4-13(19)5-7-16/h4-7,12,14-15H,3,8-11H2,1-2H3,(H,23,24)(H2,20,21,25)/t12-,14?,15?/m0/s1. The number of nitrogens with one attached hydrogen (secondary N) is 2. The molecule has 26 heavy (non-hydrogen) atoms. The quantitative estimate of drug-likeness (QED) is 0.609. The summed E-state index contributed by atoms with van der Waals surface area (Å²) >= 11 is 5.83. The molecule has 1 atom stereocenters. The number of carbonyl (C=O) groups is 2. The van der Waals surface area contributed by atoms with Gasteiger partial charge in [-0.3, -0.25) is 9.69 Å². The molecule has 0 radical (unpaired) electrons. The van der Waals surface area contributed by atoms with Crippen molar-refractivity contribution in [2.75, 3.05) is 19.6 Å². The minimum absolute atomic E-state index is 0.0413. The van der Waals surface area contributed by atoms with Crippen molar-refractivity contribution in [3.8, 4) is 5.75 Å². The molecule has 0 heterocycles. The number of halogens is 1. The van der Waals surface area contributed by atoms with E-state index < -0.39 is 5.97 Å². The fourth-order valence-electron chi connectivity index (χ4n) is 2.94. The first kappa shape index (κ1) is 20.3. The van der Waals surface area contributed by atoms with Gasteiger partial charge < -0.3 is 20.5 Å². The van der Waals surface area contributed by atoms with Gasteiger partial charge in [0.05, 0.1) is 13.1 Å². The van der Waals surface area contributed by atoms with Gasteiger partial charge in [0.1, 0.15) is 11.9 Å². The molecule has 0 bridgehead atoms. The van der Waals surface area contributed by atoms with Crippen LogP contribution >= 0.6 is 11.6 Å². The van der Waals surface area contributed by atoms with E-state index in [4.69, 9.17) is 21.4 Å². The highest BCUT2D eigenvalue weighted by atomic mass is 35.5. The molecule has 1 aliphatic rings. The van der Waals surface area contributed by atoms with Crippen molar-refractivity contribution in [3.63, 3.8) is 0 Å². The molecule has 7 nitrogen and oxygen atoms in total. The summed E-state index contributed by atoms with van der Waals surface area (Å²) in [6.45, 7) is 4.93. The van der Waals surface area contributed by atoms with Crippen molar-refractivity contribution in [1.82, 2.24) is 15.5 Å². The Bertz CT molecular complexity index is 605. The minimum atomic E-state index is -0.823. The fraction of sp³-hybridized carbons (Fsp3) is 0.556. The lowest BCUT2D eigenvalue weighted by molar-refractivity contribution is -0.139. The molecule has 2 rings (SSSR count). The molecule has 0 aliphatic heterocycles. The van der Waals surface area contributed by atoms with Gasteiger partial charge in [-0.1, -0.05) is 18.5 Å². The number of ether oxygens (including phenoxy) is 1. The molecule has 1 aromatic carbocycles. The van der Waals surface area contributed by atoms with Crippen LogP contribution in [0.1, 0.15) is 26.7 Å². The zero-order chi connectivity index (χ0) is 19.1. The maximum Gasteiger partial charge on any atom is 0.317 e. The van der Waals surface area contributed by atoms with Gasteiger partial charge in [-0.25, -0.2) is 4.79 Å². The topological polar surface area (TPSA) is 90.9 Å². The Morgan fingerprint density at radius 1 is 1.35 bits per heavy atom. The average Bonchev–Trinajstić information content (AvgIpc) is 2.56. The molecule has 0 saturated heterocycles. The lowest BCUT2D eigenvalue weighted by Crippen LogP contribution is -2.56. The largest absolute Gasteiger partial charge is 0.489 e. The third kappa shape index (κ3) is 6.38. The number of nitrogens with zero attached hydrogens (tertiary/aromatic N) is 1. The number of likely N-dealkylation sites (N-methyl/N-ethyl adjacent to an activating group) is 1. The maximum absolute atomic E-state index is 12.0. The van der Waals surface area contributed by atoms with Gasteiger partial charge in [-0.15, -0.1) is 0 Å². The highest BCUT2D eigenvalue weighted by Crippen LogP contribution is 2.25. The fourth-order valence-corrected chi connectivity index (χ4v) is 3.06. The van der Waals surface area contributed by atoms with E-state index in [-0.39, 0.29) is 30.8 Å². The van der Waals surface area contributed by atoms with Crippen LogP contribution in [0, 0.1) is 0 Å². The number of amides is 2. The molecular formula is C18H26ClN3O4. The maximum atomic E-state index is 12.0. The molecule has 1 aromatic rings. The van der Waals surface area contributed by atoms with E-state index in [0.29, 0.717) is 23.9 Å². The Morgan fingerprint density at radius 3 is 2.58 bits per heavy atom. The van der Waals surface area contributed by atoms with Crippen LogP contribution in [0.2, 0.25) is 5.02 Å². The first-order valence-corrected chi connectivity index (χ1v) is 9.17. The Morgan fingerprint density at radius 2 is 2.00 bits per heavy atom. The SMILES string of the molecule is CCN(CC(=O)O)C1CC(NC(=O)NC[C@H](C)Oc2ccc(Cl)cc2)C1. The molecule has 144 valence electrons. The Hall–Kier alpha value is -1.99. The van der Waals surface area contributed by atoms with E-state index in [2.05, 4.69) is 10.6 Å². The number of carboxylic acid groups (broad SMARTS) is 1. The lowest BCUT2D eigenvalue weighted by Gasteiger charge is -2.42. The summed E-state index contributed by atoms with van der Waals surface area (Å²) in [5, 5.41) is 15.2. The van der Waals surface area contributed by atoms with Crippen molar-refractivity contribution in [1.29, 1.82) is 0 Å². The predicted molar refractivity (Wildman–Crippen MR) is 99.8 cm³/mol. The van der Waals surface area contributed by atoms with Gasteiger partial charge in [0.15, 0.2) is 0 Å². The zero-order valence-corrected chi connectivity index (χ0v) is 15.8. The number of benzene rings is 1. The van der Waals surface area contributed by atoms with E-state index in [1.165, 1.54) is 0 Å². The molecule has 3 N–H and O–H groups in total. The Balaban J connectivity index is 1.63. The van der Waals surface area contributed by atoms with Crippen molar-refractivity contribution < 1.29 is 19.4 Å². The van der Waals surface area contributed by atoms with Gasteiger partial charge in [-0.2, -0.15) is 0 Å².